The van der Waals surface area contributed by atoms with Crippen molar-refractivity contribution in [2.24, 2.45) is 0 Å². The number of benzene rings is 3. The van der Waals surface area contributed by atoms with Crippen molar-refractivity contribution in [1.29, 1.82) is 0 Å². The number of para-hydroxylation sites is 2. The van der Waals surface area contributed by atoms with Crippen LogP contribution in [0.15, 0.2) is 72.8 Å². The zero-order valence-electron chi connectivity index (χ0n) is 14.2. The van der Waals surface area contributed by atoms with Gasteiger partial charge in [-0.1, -0.05) is 41.9 Å². The molecule has 1 N–H and O–H groups in total. The molecule has 0 aliphatic heterocycles. The molecule has 4 aromatic rings. The highest BCUT2D eigenvalue weighted by Gasteiger charge is 2.12. The van der Waals surface area contributed by atoms with Crippen LogP contribution >= 0.6 is 22.9 Å². The molecule has 0 fully saturated rings. The van der Waals surface area contributed by atoms with Crippen LogP contribution in [-0.2, 0) is 4.79 Å². The number of rotatable bonds is 5. The van der Waals surface area contributed by atoms with Crippen molar-refractivity contribution in [2.75, 3.05) is 11.9 Å². The molecule has 1 heterocycles. The van der Waals surface area contributed by atoms with Crippen LogP contribution in [0.2, 0.25) is 5.02 Å². The largest absolute Gasteiger partial charge is 0.484 e. The highest BCUT2D eigenvalue weighted by Crippen LogP contribution is 2.35. The summed E-state index contributed by atoms with van der Waals surface area (Å²) >= 11 is 7.93. The molecule has 134 valence electrons. The number of hydrogen-bond acceptors (Lipinski definition) is 4. The Balaban J connectivity index is 1.51. The van der Waals surface area contributed by atoms with Gasteiger partial charge < -0.3 is 10.1 Å². The van der Waals surface area contributed by atoms with Crippen LogP contribution in [0.5, 0.6) is 5.75 Å². The Bertz CT molecular complexity index is 1060. The Morgan fingerprint density at radius 1 is 1.04 bits per heavy atom. The number of carbonyl (C=O) groups is 1. The van der Waals surface area contributed by atoms with E-state index in [-0.39, 0.29) is 12.5 Å². The predicted octanol–water partition coefficient (Wildman–Crippen LogP) is 5.63. The van der Waals surface area contributed by atoms with Crippen molar-refractivity contribution >= 4 is 44.7 Å². The van der Waals surface area contributed by atoms with Crippen LogP contribution in [0, 0.1) is 0 Å². The SMILES string of the molecule is O=C(COc1ccccc1)Nc1ccc(Cl)c(-c2nc3ccccc3s2)c1. The van der Waals surface area contributed by atoms with Crippen molar-refractivity contribution in [3.05, 3.63) is 77.8 Å². The maximum absolute atomic E-state index is 12.2. The summed E-state index contributed by atoms with van der Waals surface area (Å²) < 4.78 is 6.56. The first-order valence-electron chi connectivity index (χ1n) is 8.32. The van der Waals surface area contributed by atoms with Crippen LogP contribution in [0.3, 0.4) is 0 Å². The van der Waals surface area contributed by atoms with E-state index in [1.165, 1.54) is 0 Å². The van der Waals surface area contributed by atoms with E-state index < -0.39 is 0 Å². The molecule has 3 aromatic carbocycles. The third-order valence-electron chi connectivity index (χ3n) is 3.89. The van der Waals surface area contributed by atoms with Crippen LogP contribution < -0.4 is 10.1 Å². The third kappa shape index (κ3) is 4.10. The zero-order valence-corrected chi connectivity index (χ0v) is 15.8. The zero-order chi connectivity index (χ0) is 18.6. The van der Waals surface area contributed by atoms with E-state index in [2.05, 4.69) is 10.3 Å². The molecule has 27 heavy (non-hydrogen) atoms. The first-order chi connectivity index (χ1) is 13.2. The van der Waals surface area contributed by atoms with E-state index >= 15 is 0 Å². The van der Waals surface area contributed by atoms with Crippen molar-refractivity contribution in [1.82, 2.24) is 4.98 Å². The summed E-state index contributed by atoms with van der Waals surface area (Å²) in [6, 6.07) is 22.5. The molecule has 0 radical (unpaired) electrons. The summed E-state index contributed by atoms with van der Waals surface area (Å²) in [5.74, 6) is 0.412. The van der Waals surface area contributed by atoms with Crippen LogP contribution in [0.25, 0.3) is 20.8 Å². The Morgan fingerprint density at radius 2 is 1.81 bits per heavy atom. The molecule has 4 rings (SSSR count). The second-order valence-corrected chi connectivity index (χ2v) is 7.27. The predicted molar refractivity (Wildman–Crippen MR) is 111 cm³/mol. The summed E-state index contributed by atoms with van der Waals surface area (Å²) in [7, 11) is 0. The molecule has 0 spiro atoms. The second-order valence-electron chi connectivity index (χ2n) is 5.83. The number of nitrogens with one attached hydrogen (secondary N) is 1. The molecule has 0 atom stereocenters. The van der Waals surface area contributed by atoms with Gasteiger partial charge in [0.15, 0.2) is 6.61 Å². The number of aromatic nitrogens is 1. The van der Waals surface area contributed by atoms with Gasteiger partial charge in [-0.3, -0.25) is 4.79 Å². The molecule has 0 saturated carbocycles. The minimum atomic E-state index is -0.239. The van der Waals surface area contributed by atoms with E-state index in [0.29, 0.717) is 16.5 Å². The minimum absolute atomic E-state index is 0.0664. The van der Waals surface area contributed by atoms with E-state index in [1.54, 1.807) is 35.6 Å². The van der Waals surface area contributed by atoms with Gasteiger partial charge in [-0.2, -0.15) is 0 Å². The lowest BCUT2D eigenvalue weighted by molar-refractivity contribution is -0.118. The van der Waals surface area contributed by atoms with Gasteiger partial charge in [-0.15, -0.1) is 11.3 Å². The fourth-order valence-electron chi connectivity index (χ4n) is 2.62. The molecule has 0 unspecified atom stereocenters. The lowest BCUT2D eigenvalue weighted by Gasteiger charge is -2.09. The van der Waals surface area contributed by atoms with Gasteiger partial charge in [0.25, 0.3) is 5.91 Å². The third-order valence-corrected chi connectivity index (χ3v) is 5.29. The number of fused-ring (bicyclic) bond motifs is 1. The average molecular weight is 395 g/mol. The van der Waals surface area contributed by atoms with Gasteiger partial charge in [0.05, 0.1) is 15.2 Å². The van der Waals surface area contributed by atoms with E-state index in [0.717, 1.165) is 20.8 Å². The number of carbonyl (C=O) groups excluding carboxylic acids is 1. The van der Waals surface area contributed by atoms with Crippen LogP contribution in [-0.4, -0.2) is 17.5 Å². The summed E-state index contributed by atoms with van der Waals surface area (Å²) in [4.78, 5) is 16.8. The van der Waals surface area contributed by atoms with Gasteiger partial charge in [0.2, 0.25) is 0 Å². The van der Waals surface area contributed by atoms with Crippen molar-refractivity contribution < 1.29 is 9.53 Å². The second kappa shape index (κ2) is 7.78. The summed E-state index contributed by atoms with van der Waals surface area (Å²) in [6.45, 7) is -0.0664. The van der Waals surface area contributed by atoms with Gasteiger partial charge in [-0.05, 0) is 42.5 Å². The fraction of sp³-hybridized carbons (Fsp3) is 0.0476. The van der Waals surface area contributed by atoms with Crippen LogP contribution in [0.1, 0.15) is 0 Å². The minimum Gasteiger partial charge on any atom is -0.484 e. The summed E-state index contributed by atoms with van der Waals surface area (Å²) in [5.41, 5.74) is 2.37. The van der Waals surface area contributed by atoms with E-state index in [9.17, 15) is 4.79 Å². The average Bonchev–Trinajstić information content (AvgIpc) is 3.13. The maximum atomic E-state index is 12.2. The molecule has 6 heteroatoms. The Kier molecular flexibility index (Phi) is 5.05. The first kappa shape index (κ1) is 17.5. The van der Waals surface area contributed by atoms with Crippen molar-refractivity contribution in [3.63, 3.8) is 0 Å². The first-order valence-corrected chi connectivity index (χ1v) is 9.52. The lowest BCUT2D eigenvalue weighted by atomic mass is 10.2. The Labute approximate surface area is 165 Å². The molecule has 4 nitrogen and oxygen atoms in total. The lowest BCUT2D eigenvalue weighted by Crippen LogP contribution is -2.20. The molecule has 0 aliphatic carbocycles. The molecule has 1 amide bonds. The highest BCUT2D eigenvalue weighted by atomic mass is 35.5. The number of thiazole rings is 1. The summed E-state index contributed by atoms with van der Waals surface area (Å²) in [6.07, 6.45) is 0. The maximum Gasteiger partial charge on any atom is 0.262 e. The van der Waals surface area contributed by atoms with Gasteiger partial charge in [0, 0.05) is 11.3 Å². The molecular weight excluding hydrogens is 380 g/mol. The van der Waals surface area contributed by atoms with Crippen molar-refractivity contribution in [2.45, 2.75) is 0 Å². The van der Waals surface area contributed by atoms with Crippen LogP contribution in [0.4, 0.5) is 5.69 Å². The molecule has 0 bridgehead atoms. The Morgan fingerprint density at radius 3 is 2.63 bits per heavy atom. The fourth-order valence-corrected chi connectivity index (χ4v) is 3.88. The number of anilines is 1. The number of halogens is 1. The smallest absolute Gasteiger partial charge is 0.262 e. The van der Waals surface area contributed by atoms with Gasteiger partial charge >= 0.3 is 0 Å². The number of ether oxygens (including phenoxy) is 1. The number of amides is 1. The van der Waals surface area contributed by atoms with E-state index in [1.807, 2.05) is 48.5 Å². The molecule has 0 aliphatic rings. The van der Waals surface area contributed by atoms with E-state index in [4.69, 9.17) is 16.3 Å². The normalized spacial score (nSPS) is 10.7. The van der Waals surface area contributed by atoms with Crippen molar-refractivity contribution in [3.8, 4) is 16.3 Å². The quantitative estimate of drug-likeness (QED) is 0.477. The monoisotopic (exact) mass is 394 g/mol. The standard InChI is InChI=1S/C21H15ClN2O2S/c22-17-11-10-14(23-20(25)13-26-15-6-2-1-3-7-15)12-16(17)21-24-18-8-4-5-9-19(18)27-21/h1-12H,13H2,(H,23,25). The molecule has 0 saturated heterocycles. The number of hydrogen-bond donors (Lipinski definition) is 1. The number of nitrogens with zero attached hydrogens (tertiary/aromatic N) is 1. The highest BCUT2D eigenvalue weighted by molar-refractivity contribution is 7.21. The molecular formula is C21H15ClN2O2S. The van der Waals surface area contributed by atoms with Gasteiger partial charge in [0.1, 0.15) is 10.8 Å². The molecule has 1 aromatic heterocycles. The topological polar surface area (TPSA) is 51.2 Å². The summed E-state index contributed by atoms with van der Waals surface area (Å²) in [5, 5.41) is 4.25. The Hall–Kier alpha value is -2.89. The van der Waals surface area contributed by atoms with Gasteiger partial charge in [-0.25, -0.2) is 4.98 Å².